The molecule has 9 heteroatoms. The number of hydrogen-bond donors (Lipinski definition) is 0. The summed E-state index contributed by atoms with van der Waals surface area (Å²) in [6.45, 7) is 6.65. The van der Waals surface area contributed by atoms with Crippen LogP contribution in [0, 0.1) is 0 Å². The molecule has 0 amide bonds. The maximum Gasteiger partial charge on any atom is 0.305 e. The van der Waals surface area contributed by atoms with Crippen molar-refractivity contribution < 1.29 is 38.1 Å². The number of carbonyl (C=O) groups is 4. The molecule has 1 aliphatic rings. The van der Waals surface area contributed by atoms with Gasteiger partial charge in [0.15, 0.2) is 11.2 Å². The molecule has 0 N–H and O–H groups in total. The lowest BCUT2D eigenvalue weighted by molar-refractivity contribution is -0.195. The van der Waals surface area contributed by atoms with E-state index in [1.807, 2.05) is 0 Å². The number of carbonyl (C=O) groups excluding carboxylic acids is 4. The minimum atomic E-state index is -1.21. The maximum atomic E-state index is 11.4. The normalized spacial score (nSPS) is 27.9. The lowest BCUT2D eigenvalue weighted by Crippen LogP contribution is -2.43. The molecule has 0 aliphatic carbocycles. The van der Waals surface area contributed by atoms with Crippen molar-refractivity contribution >= 4 is 34.8 Å². The molecule has 0 radical (unpaired) electrons. The molecule has 23 heavy (non-hydrogen) atoms. The van der Waals surface area contributed by atoms with Gasteiger partial charge in [0, 0.05) is 32.9 Å². The Morgan fingerprint density at radius 2 is 1.35 bits per heavy atom. The topological polar surface area (TPSA) is 105 Å². The summed E-state index contributed by atoms with van der Waals surface area (Å²) in [5.74, 6) is -1.88. The van der Waals surface area contributed by atoms with Gasteiger partial charge in [0.1, 0.15) is 6.10 Å². The zero-order valence-corrected chi connectivity index (χ0v) is 14.4. The molecule has 0 aromatic heterocycles. The van der Waals surface area contributed by atoms with Crippen LogP contribution in [-0.4, -0.2) is 52.9 Å². The first-order chi connectivity index (χ1) is 10.6. The molecule has 130 valence electrons. The van der Waals surface area contributed by atoms with Gasteiger partial charge in [-0.1, -0.05) is 18.7 Å². The van der Waals surface area contributed by atoms with Crippen LogP contribution in [0.5, 0.6) is 0 Å². The third kappa shape index (κ3) is 5.83. The van der Waals surface area contributed by atoms with Gasteiger partial charge < -0.3 is 18.9 Å². The standard InChI is InChI=1S/C14H20O8S/c1-6(23-10(5)18)11-12(19-7(2)15)13(20-8(3)16)14(22-11)21-9(4)17/h6,11-14H,1-5H3/t6-,11+,12+,13-,14-/m0/s1. The summed E-state index contributed by atoms with van der Waals surface area (Å²) < 4.78 is 20.9. The molecule has 0 spiro atoms. The lowest BCUT2D eigenvalue weighted by atomic mass is 10.1. The van der Waals surface area contributed by atoms with E-state index in [0.29, 0.717) is 0 Å². The van der Waals surface area contributed by atoms with Crippen LogP contribution in [0.4, 0.5) is 0 Å². The summed E-state index contributed by atoms with van der Waals surface area (Å²) in [7, 11) is 0. The Kier molecular flexibility index (Phi) is 7.01. The molecule has 0 aromatic carbocycles. The monoisotopic (exact) mass is 348 g/mol. The van der Waals surface area contributed by atoms with Crippen molar-refractivity contribution in [1.82, 2.24) is 0 Å². The molecule has 1 aliphatic heterocycles. The highest BCUT2D eigenvalue weighted by Gasteiger charge is 2.53. The second-order valence-electron chi connectivity index (χ2n) is 5.04. The van der Waals surface area contributed by atoms with Gasteiger partial charge in [0.05, 0.1) is 0 Å². The van der Waals surface area contributed by atoms with Crippen LogP contribution in [0.2, 0.25) is 0 Å². The summed E-state index contributed by atoms with van der Waals surface area (Å²) in [5.41, 5.74) is 0. The number of thioether (sulfide) groups is 1. The first-order valence-corrected chi connectivity index (χ1v) is 7.84. The van der Waals surface area contributed by atoms with Crippen LogP contribution in [0.1, 0.15) is 34.6 Å². The molecular formula is C14H20O8S. The van der Waals surface area contributed by atoms with Gasteiger partial charge in [-0.3, -0.25) is 19.2 Å². The summed E-state index contributed by atoms with van der Waals surface area (Å²) in [6.07, 6.45) is -4.06. The fourth-order valence-electron chi connectivity index (χ4n) is 2.26. The van der Waals surface area contributed by atoms with Crippen LogP contribution in [0.25, 0.3) is 0 Å². The van der Waals surface area contributed by atoms with Crippen LogP contribution in [0.3, 0.4) is 0 Å². The van der Waals surface area contributed by atoms with Gasteiger partial charge in [-0.15, -0.1) is 0 Å². The predicted octanol–water partition coefficient (Wildman–Crippen LogP) is 0.806. The summed E-state index contributed by atoms with van der Waals surface area (Å²) in [5, 5.41) is -0.557. The second kappa shape index (κ2) is 8.30. The SMILES string of the molecule is CC(=O)O[C@H]1O[C@H]([C@H](C)SC(C)=O)[C@@H](OC(C)=O)[C@@H]1OC(C)=O. The van der Waals surface area contributed by atoms with E-state index >= 15 is 0 Å². The Bertz CT molecular complexity index is 491. The van der Waals surface area contributed by atoms with E-state index in [4.69, 9.17) is 18.9 Å². The lowest BCUT2D eigenvalue weighted by Gasteiger charge is -2.25. The molecular weight excluding hydrogens is 328 g/mol. The first kappa shape index (κ1) is 19.4. The van der Waals surface area contributed by atoms with Crippen molar-refractivity contribution in [2.45, 2.75) is 64.5 Å². The third-order valence-corrected chi connectivity index (χ3v) is 3.88. The Hall–Kier alpha value is -1.61. The van der Waals surface area contributed by atoms with E-state index < -0.39 is 47.8 Å². The number of esters is 3. The van der Waals surface area contributed by atoms with Gasteiger partial charge in [0.2, 0.25) is 12.4 Å². The Balaban J connectivity index is 3.06. The van der Waals surface area contributed by atoms with Crippen LogP contribution < -0.4 is 0 Å². The Morgan fingerprint density at radius 1 is 0.870 bits per heavy atom. The smallest absolute Gasteiger partial charge is 0.305 e. The molecule has 0 saturated carbocycles. The molecule has 1 fully saturated rings. The van der Waals surface area contributed by atoms with E-state index in [2.05, 4.69) is 0 Å². The minimum absolute atomic E-state index is 0.150. The zero-order valence-electron chi connectivity index (χ0n) is 13.6. The van der Waals surface area contributed by atoms with Crippen LogP contribution in [-0.2, 0) is 38.1 Å². The zero-order chi connectivity index (χ0) is 17.7. The second-order valence-corrected chi connectivity index (χ2v) is 6.60. The van der Waals surface area contributed by atoms with E-state index in [1.54, 1.807) is 6.92 Å². The highest BCUT2D eigenvalue weighted by molar-refractivity contribution is 8.14. The van der Waals surface area contributed by atoms with Gasteiger partial charge in [0.25, 0.3) is 0 Å². The number of ether oxygens (including phenoxy) is 4. The largest absolute Gasteiger partial charge is 0.455 e. The fraction of sp³-hybridized carbons (Fsp3) is 0.714. The molecule has 5 atom stereocenters. The van der Waals surface area contributed by atoms with E-state index in [0.717, 1.165) is 11.8 Å². The van der Waals surface area contributed by atoms with E-state index in [9.17, 15) is 19.2 Å². The molecule has 0 unspecified atom stereocenters. The van der Waals surface area contributed by atoms with E-state index in [-0.39, 0.29) is 5.12 Å². The molecule has 8 nitrogen and oxygen atoms in total. The van der Waals surface area contributed by atoms with Crippen LogP contribution in [0.15, 0.2) is 0 Å². The highest BCUT2D eigenvalue weighted by atomic mass is 32.2. The predicted molar refractivity (Wildman–Crippen MR) is 79.3 cm³/mol. The summed E-state index contributed by atoms with van der Waals surface area (Å²) in [6, 6.07) is 0. The number of hydrogen-bond acceptors (Lipinski definition) is 9. The number of rotatable bonds is 5. The van der Waals surface area contributed by atoms with Crippen molar-refractivity contribution in [3.63, 3.8) is 0 Å². The Morgan fingerprint density at radius 3 is 1.78 bits per heavy atom. The molecule has 0 aromatic rings. The van der Waals surface area contributed by atoms with Crippen molar-refractivity contribution in [1.29, 1.82) is 0 Å². The average molecular weight is 348 g/mol. The van der Waals surface area contributed by atoms with E-state index in [1.165, 1.54) is 27.7 Å². The maximum absolute atomic E-state index is 11.4. The summed E-state index contributed by atoms with van der Waals surface area (Å²) >= 11 is 0.988. The quantitative estimate of drug-likeness (QED) is 0.527. The summed E-state index contributed by atoms with van der Waals surface area (Å²) in [4.78, 5) is 45.1. The molecule has 1 saturated heterocycles. The molecule has 0 bridgehead atoms. The van der Waals surface area contributed by atoms with Gasteiger partial charge >= 0.3 is 17.9 Å². The van der Waals surface area contributed by atoms with Crippen molar-refractivity contribution in [3.05, 3.63) is 0 Å². The van der Waals surface area contributed by atoms with Gasteiger partial charge in [-0.25, -0.2) is 0 Å². The van der Waals surface area contributed by atoms with Crippen molar-refractivity contribution in [3.8, 4) is 0 Å². The Labute approximate surface area is 138 Å². The highest BCUT2D eigenvalue weighted by Crippen LogP contribution is 2.34. The average Bonchev–Trinajstić information content (AvgIpc) is 2.65. The minimum Gasteiger partial charge on any atom is -0.455 e. The van der Waals surface area contributed by atoms with Gasteiger partial charge in [-0.2, -0.15) is 0 Å². The fourth-order valence-corrected chi connectivity index (χ4v) is 3.13. The molecule has 1 heterocycles. The molecule has 1 rings (SSSR count). The van der Waals surface area contributed by atoms with Crippen LogP contribution >= 0.6 is 11.8 Å². The van der Waals surface area contributed by atoms with Crippen molar-refractivity contribution in [2.24, 2.45) is 0 Å². The van der Waals surface area contributed by atoms with Gasteiger partial charge in [-0.05, 0) is 0 Å². The van der Waals surface area contributed by atoms with Crippen molar-refractivity contribution in [2.75, 3.05) is 0 Å². The third-order valence-electron chi connectivity index (χ3n) is 2.91. The first-order valence-electron chi connectivity index (χ1n) is 6.96.